The van der Waals surface area contributed by atoms with Gasteiger partial charge in [-0.15, -0.1) is 0 Å². The number of hydrogen-bond acceptors (Lipinski definition) is 0. The predicted molar refractivity (Wildman–Crippen MR) is 103 cm³/mol. The summed E-state index contributed by atoms with van der Waals surface area (Å²) in [7, 11) is 0. The maximum atomic E-state index is 13.5. The zero-order chi connectivity index (χ0) is 17.1. The van der Waals surface area contributed by atoms with E-state index in [-0.39, 0.29) is 11.7 Å². The molecule has 1 aromatic rings. The van der Waals surface area contributed by atoms with E-state index in [4.69, 9.17) is 0 Å². The molecule has 1 aromatic carbocycles. The summed E-state index contributed by atoms with van der Waals surface area (Å²) in [6.07, 6.45) is 19.2. The SMILES string of the molecule is FC1=CC(c2ccc(C3CCC(C4CCCCC4)CC3)cc2)CC=C1. The quantitative estimate of drug-likeness (QED) is 0.537. The molecule has 0 radical (unpaired) electrons. The van der Waals surface area contributed by atoms with Crippen molar-refractivity contribution in [1.29, 1.82) is 0 Å². The topological polar surface area (TPSA) is 0 Å². The molecule has 0 nitrogen and oxygen atoms in total. The first-order valence-corrected chi connectivity index (χ1v) is 10.4. The standard InChI is InChI=1S/C24H31F/c25-24-8-4-7-23(17-24)22-15-13-21(14-16-22)20-11-9-19(10-12-20)18-5-2-1-3-6-18/h4,8,13-20,23H,1-3,5-7,9-12H2. The van der Waals surface area contributed by atoms with E-state index in [0.717, 1.165) is 24.2 Å². The molecule has 0 saturated heterocycles. The minimum absolute atomic E-state index is 0.0960. The molecular formula is C24H31F. The van der Waals surface area contributed by atoms with E-state index < -0.39 is 0 Å². The molecule has 3 aliphatic carbocycles. The molecule has 0 aromatic heterocycles. The largest absolute Gasteiger partial charge is 0.207 e. The van der Waals surface area contributed by atoms with Crippen LogP contribution >= 0.6 is 0 Å². The molecule has 0 bridgehead atoms. The highest BCUT2D eigenvalue weighted by molar-refractivity contribution is 5.34. The Hall–Kier alpha value is -1.37. The van der Waals surface area contributed by atoms with Gasteiger partial charge in [0.05, 0.1) is 0 Å². The van der Waals surface area contributed by atoms with Gasteiger partial charge in [-0.1, -0.05) is 62.4 Å². The second-order valence-electron chi connectivity index (χ2n) is 8.47. The van der Waals surface area contributed by atoms with Crippen molar-refractivity contribution in [3.8, 4) is 0 Å². The number of benzene rings is 1. The number of allylic oxidation sites excluding steroid dienone is 4. The van der Waals surface area contributed by atoms with Gasteiger partial charge in [-0.05, 0) is 73.1 Å². The van der Waals surface area contributed by atoms with Crippen LogP contribution in [0.1, 0.15) is 87.2 Å². The van der Waals surface area contributed by atoms with E-state index in [1.807, 2.05) is 6.08 Å². The van der Waals surface area contributed by atoms with Crippen LogP contribution in [0.4, 0.5) is 4.39 Å². The van der Waals surface area contributed by atoms with Crippen molar-refractivity contribution in [3.63, 3.8) is 0 Å². The van der Waals surface area contributed by atoms with Crippen LogP contribution in [0, 0.1) is 11.8 Å². The molecule has 0 N–H and O–H groups in total. The molecule has 4 rings (SSSR count). The van der Waals surface area contributed by atoms with Gasteiger partial charge < -0.3 is 0 Å². The first-order valence-electron chi connectivity index (χ1n) is 10.4. The highest BCUT2D eigenvalue weighted by Crippen LogP contribution is 2.43. The molecule has 134 valence electrons. The zero-order valence-corrected chi connectivity index (χ0v) is 15.3. The van der Waals surface area contributed by atoms with Crippen molar-refractivity contribution in [2.75, 3.05) is 0 Å². The summed E-state index contributed by atoms with van der Waals surface area (Å²) in [5.41, 5.74) is 2.75. The highest BCUT2D eigenvalue weighted by atomic mass is 19.1. The van der Waals surface area contributed by atoms with Gasteiger partial charge in [0.25, 0.3) is 0 Å². The van der Waals surface area contributed by atoms with Crippen LogP contribution in [0.15, 0.2) is 48.3 Å². The maximum absolute atomic E-state index is 13.5. The summed E-state index contributed by atoms with van der Waals surface area (Å²) in [5, 5.41) is 0. The van der Waals surface area contributed by atoms with Crippen LogP contribution in [0.5, 0.6) is 0 Å². The average Bonchev–Trinajstić information content (AvgIpc) is 2.69. The van der Waals surface area contributed by atoms with Crippen molar-refractivity contribution >= 4 is 0 Å². The summed E-state index contributed by atoms with van der Waals surface area (Å²) < 4.78 is 13.5. The normalized spacial score (nSPS) is 30.9. The Morgan fingerprint density at radius 2 is 1.36 bits per heavy atom. The van der Waals surface area contributed by atoms with Gasteiger partial charge in [-0.3, -0.25) is 0 Å². The lowest BCUT2D eigenvalue weighted by molar-refractivity contribution is 0.186. The Bertz CT molecular complexity index is 610. The lowest BCUT2D eigenvalue weighted by atomic mass is 9.70. The van der Waals surface area contributed by atoms with Gasteiger partial charge >= 0.3 is 0 Å². The van der Waals surface area contributed by atoms with Gasteiger partial charge in [0.15, 0.2) is 0 Å². The fourth-order valence-corrected chi connectivity index (χ4v) is 5.42. The third-order valence-electron chi connectivity index (χ3n) is 6.95. The average molecular weight is 339 g/mol. The van der Waals surface area contributed by atoms with E-state index in [1.165, 1.54) is 68.9 Å². The van der Waals surface area contributed by atoms with Crippen LogP contribution in [-0.4, -0.2) is 0 Å². The second-order valence-corrected chi connectivity index (χ2v) is 8.47. The molecule has 0 amide bonds. The summed E-state index contributed by atoms with van der Waals surface area (Å²) in [6.45, 7) is 0. The summed E-state index contributed by atoms with van der Waals surface area (Å²) >= 11 is 0. The molecule has 1 unspecified atom stereocenters. The minimum Gasteiger partial charge on any atom is -0.207 e. The lowest BCUT2D eigenvalue weighted by Crippen LogP contribution is -2.23. The highest BCUT2D eigenvalue weighted by Gasteiger charge is 2.29. The second kappa shape index (κ2) is 7.89. The van der Waals surface area contributed by atoms with Gasteiger partial charge in [0.2, 0.25) is 0 Å². The van der Waals surface area contributed by atoms with E-state index in [2.05, 4.69) is 24.3 Å². The van der Waals surface area contributed by atoms with Gasteiger partial charge in [-0.25, -0.2) is 4.39 Å². The van der Waals surface area contributed by atoms with Crippen molar-refractivity contribution in [1.82, 2.24) is 0 Å². The van der Waals surface area contributed by atoms with Crippen LogP contribution in [-0.2, 0) is 0 Å². The molecule has 1 atom stereocenters. The molecule has 2 fully saturated rings. The molecule has 25 heavy (non-hydrogen) atoms. The van der Waals surface area contributed by atoms with Crippen molar-refractivity contribution < 1.29 is 4.39 Å². The summed E-state index contributed by atoms with van der Waals surface area (Å²) in [5.74, 6) is 2.88. The molecule has 2 saturated carbocycles. The van der Waals surface area contributed by atoms with Gasteiger partial charge in [-0.2, -0.15) is 0 Å². The number of hydrogen-bond donors (Lipinski definition) is 0. The predicted octanol–water partition coefficient (Wildman–Crippen LogP) is 7.44. The first-order chi connectivity index (χ1) is 12.3. The molecule has 3 aliphatic rings. The number of rotatable bonds is 3. The fraction of sp³-hybridized carbons (Fsp3) is 0.583. The third-order valence-corrected chi connectivity index (χ3v) is 6.95. The molecule has 0 spiro atoms. The molecule has 0 heterocycles. The van der Waals surface area contributed by atoms with Crippen LogP contribution in [0.2, 0.25) is 0 Å². The van der Waals surface area contributed by atoms with Crippen LogP contribution < -0.4 is 0 Å². The van der Waals surface area contributed by atoms with Crippen molar-refractivity contribution in [2.24, 2.45) is 11.8 Å². The van der Waals surface area contributed by atoms with E-state index in [1.54, 1.807) is 12.2 Å². The lowest BCUT2D eigenvalue weighted by Gasteiger charge is -2.36. The van der Waals surface area contributed by atoms with Gasteiger partial charge in [0.1, 0.15) is 5.83 Å². The Morgan fingerprint density at radius 3 is 2.04 bits per heavy atom. The van der Waals surface area contributed by atoms with Crippen molar-refractivity contribution in [3.05, 3.63) is 59.4 Å². The smallest absolute Gasteiger partial charge is 0.119 e. The van der Waals surface area contributed by atoms with E-state index >= 15 is 0 Å². The zero-order valence-electron chi connectivity index (χ0n) is 15.3. The van der Waals surface area contributed by atoms with Crippen LogP contribution in [0.3, 0.4) is 0 Å². The van der Waals surface area contributed by atoms with E-state index in [9.17, 15) is 4.39 Å². The van der Waals surface area contributed by atoms with Crippen molar-refractivity contribution in [2.45, 2.75) is 76.0 Å². The number of halogens is 1. The maximum Gasteiger partial charge on any atom is 0.119 e. The minimum atomic E-state index is -0.0960. The Balaban J connectivity index is 1.34. The fourth-order valence-electron chi connectivity index (χ4n) is 5.42. The van der Waals surface area contributed by atoms with Crippen LogP contribution in [0.25, 0.3) is 0 Å². The Kier molecular flexibility index (Phi) is 5.39. The molecule has 0 aliphatic heterocycles. The Labute approximate surface area is 152 Å². The monoisotopic (exact) mass is 338 g/mol. The molecular weight excluding hydrogens is 307 g/mol. The Morgan fingerprint density at radius 1 is 0.720 bits per heavy atom. The van der Waals surface area contributed by atoms with E-state index in [0.29, 0.717) is 0 Å². The summed E-state index contributed by atoms with van der Waals surface area (Å²) in [6, 6.07) is 9.09. The third kappa shape index (κ3) is 4.07. The molecule has 1 heteroatoms. The first kappa shape index (κ1) is 17.1. The summed E-state index contributed by atoms with van der Waals surface area (Å²) in [4.78, 5) is 0. The van der Waals surface area contributed by atoms with Gasteiger partial charge in [0, 0.05) is 5.92 Å².